The number of hydrogen-bond donors (Lipinski definition) is 3. The fourth-order valence-electron chi connectivity index (χ4n) is 5.07. The molecule has 1 saturated carbocycles. The normalized spacial score (nSPS) is 14.6. The summed E-state index contributed by atoms with van der Waals surface area (Å²) in [7, 11) is 0. The van der Waals surface area contributed by atoms with Crippen LogP contribution in [0.2, 0.25) is 0 Å². The van der Waals surface area contributed by atoms with E-state index in [-0.39, 0.29) is 24.0 Å². The second-order valence-corrected chi connectivity index (χ2v) is 13.0. The van der Waals surface area contributed by atoms with Crippen molar-refractivity contribution >= 4 is 50.7 Å². The Morgan fingerprint density at radius 1 is 1.02 bits per heavy atom. The molecule has 2 atom stereocenters. The molecule has 5 aromatic rings. The van der Waals surface area contributed by atoms with Crippen molar-refractivity contribution in [3.05, 3.63) is 84.8 Å². The summed E-state index contributed by atoms with van der Waals surface area (Å²) in [6, 6.07) is 12.1. The summed E-state index contributed by atoms with van der Waals surface area (Å²) in [5.41, 5.74) is 6.66. The molecule has 0 aliphatic heterocycles. The highest BCUT2D eigenvalue weighted by molar-refractivity contribution is 7.22. The molecule has 11 nitrogen and oxygen atoms in total. The van der Waals surface area contributed by atoms with Crippen molar-refractivity contribution < 1.29 is 32.6 Å². The van der Waals surface area contributed by atoms with Crippen LogP contribution in [-0.4, -0.2) is 45.2 Å². The first-order valence-electron chi connectivity index (χ1n) is 15.8. The maximum atomic E-state index is 15.3. The fourth-order valence-corrected chi connectivity index (χ4v) is 6.11. The molecule has 4 N–H and O–H groups in total. The molecule has 2 unspecified atom stereocenters. The smallest absolute Gasteiger partial charge is 0.323 e. The van der Waals surface area contributed by atoms with Crippen LogP contribution < -0.4 is 21.1 Å². The lowest BCUT2D eigenvalue weighted by Crippen LogP contribution is -2.38. The van der Waals surface area contributed by atoms with E-state index in [0.717, 1.165) is 22.9 Å². The number of thiophene rings is 1. The predicted octanol–water partition coefficient (Wildman–Crippen LogP) is 6.50. The van der Waals surface area contributed by atoms with E-state index in [9.17, 15) is 18.8 Å². The number of pyridine rings is 1. The molecule has 254 valence electrons. The molecular weight excluding hydrogens is 654 g/mol. The Labute approximate surface area is 284 Å². The van der Waals surface area contributed by atoms with Gasteiger partial charge in [-0.15, -0.1) is 11.3 Å². The molecule has 2 amide bonds. The molecule has 6 rings (SSSR count). The molecule has 0 radical (unpaired) electrons. The number of nitrogens with two attached hydrogens (primary N) is 1. The maximum Gasteiger partial charge on any atom is 0.323 e. The summed E-state index contributed by atoms with van der Waals surface area (Å²) >= 11 is 1.40. The lowest BCUT2D eigenvalue weighted by Gasteiger charge is -2.16. The maximum absolute atomic E-state index is 15.3. The summed E-state index contributed by atoms with van der Waals surface area (Å²) in [5.74, 6) is -2.30. The van der Waals surface area contributed by atoms with E-state index in [1.807, 2.05) is 26.1 Å². The topological polar surface area (TPSA) is 150 Å². The Balaban J connectivity index is 1.09. The van der Waals surface area contributed by atoms with Crippen molar-refractivity contribution in [2.45, 2.75) is 45.7 Å². The number of aromatic nitrogens is 3. The van der Waals surface area contributed by atoms with Gasteiger partial charge in [-0.05, 0) is 61.2 Å². The Morgan fingerprint density at radius 2 is 1.73 bits per heavy atom. The molecule has 0 spiro atoms. The number of amides is 2. The molecule has 3 aromatic heterocycles. The second-order valence-electron chi connectivity index (χ2n) is 11.9. The van der Waals surface area contributed by atoms with Crippen LogP contribution in [0.4, 0.5) is 20.2 Å². The minimum atomic E-state index is -1.29. The summed E-state index contributed by atoms with van der Waals surface area (Å²) in [6.45, 7) is 4.37. The average Bonchev–Trinajstić information content (AvgIpc) is 3.58. The molecule has 1 aliphatic carbocycles. The molecule has 0 bridgehead atoms. The third-order valence-electron chi connectivity index (χ3n) is 8.52. The van der Waals surface area contributed by atoms with Crippen molar-refractivity contribution in [2.24, 2.45) is 17.1 Å². The zero-order valence-corrected chi connectivity index (χ0v) is 27.6. The van der Waals surface area contributed by atoms with Crippen molar-refractivity contribution in [3.8, 4) is 21.9 Å². The second kappa shape index (κ2) is 14.1. The quantitative estimate of drug-likeness (QED) is 0.0937. The highest BCUT2D eigenvalue weighted by Gasteiger charge is 2.56. The number of rotatable bonds is 13. The monoisotopic (exact) mass is 688 g/mol. The van der Waals surface area contributed by atoms with Crippen LogP contribution in [-0.2, 0) is 25.7 Å². The predicted molar refractivity (Wildman–Crippen MR) is 181 cm³/mol. The summed E-state index contributed by atoms with van der Waals surface area (Å²) < 4.78 is 42.1. The Hall–Kier alpha value is -5.21. The number of carbonyl (C=O) groups is 3. The molecule has 1 aliphatic rings. The molecule has 1 fully saturated rings. The van der Waals surface area contributed by atoms with Gasteiger partial charge in [0.25, 0.3) is 0 Å². The van der Waals surface area contributed by atoms with Crippen LogP contribution in [0.5, 0.6) is 11.5 Å². The molecule has 14 heteroatoms. The minimum Gasteiger partial charge on any atom is -0.463 e. The van der Waals surface area contributed by atoms with E-state index in [4.69, 9.17) is 15.2 Å². The van der Waals surface area contributed by atoms with Gasteiger partial charge in [0.2, 0.25) is 11.8 Å². The molecular formula is C35H34F2N6O5S. The molecule has 0 saturated heterocycles. The number of esters is 1. The highest BCUT2D eigenvalue weighted by Crippen LogP contribution is 2.48. The van der Waals surface area contributed by atoms with Gasteiger partial charge in [-0.1, -0.05) is 20.3 Å². The first kappa shape index (κ1) is 33.7. The van der Waals surface area contributed by atoms with E-state index in [1.165, 1.54) is 47.7 Å². The van der Waals surface area contributed by atoms with E-state index < -0.39 is 40.9 Å². The number of benzene rings is 2. The van der Waals surface area contributed by atoms with Crippen LogP contribution in [0.3, 0.4) is 0 Å². The highest BCUT2D eigenvalue weighted by atomic mass is 32.1. The zero-order valence-electron chi connectivity index (χ0n) is 26.7. The molecule has 2 aromatic carbocycles. The van der Waals surface area contributed by atoms with Crippen molar-refractivity contribution in [3.63, 3.8) is 0 Å². The van der Waals surface area contributed by atoms with Crippen LogP contribution >= 0.6 is 11.3 Å². The number of nitrogens with zero attached hydrogens (tertiary/aromatic N) is 3. The van der Waals surface area contributed by atoms with Gasteiger partial charge in [0.15, 0.2) is 11.6 Å². The summed E-state index contributed by atoms with van der Waals surface area (Å²) in [6.07, 6.45) is 6.54. The SMILES string of the molecule is CCC(C)C(N)C(=O)OCCn1cc(-c2cc3nccc(Oc4ccc(NC(=O)C5(C(=O)Nc6ccc(F)cc6)CC5)cc4F)c3s2)cn1. The van der Waals surface area contributed by atoms with E-state index in [1.54, 1.807) is 23.1 Å². The van der Waals surface area contributed by atoms with Crippen LogP contribution in [0.25, 0.3) is 20.7 Å². The van der Waals surface area contributed by atoms with Gasteiger partial charge in [-0.3, -0.25) is 24.0 Å². The summed E-state index contributed by atoms with van der Waals surface area (Å²) in [5, 5.41) is 9.65. The van der Waals surface area contributed by atoms with Gasteiger partial charge in [0.1, 0.15) is 29.6 Å². The number of anilines is 2. The first-order chi connectivity index (χ1) is 23.6. The van der Waals surface area contributed by atoms with Crippen LogP contribution in [0.1, 0.15) is 33.1 Å². The van der Waals surface area contributed by atoms with Gasteiger partial charge >= 0.3 is 5.97 Å². The lowest BCUT2D eigenvalue weighted by atomic mass is 10.0. The lowest BCUT2D eigenvalue weighted by molar-refractivity contribution is -0.146. The van der Waals surface area contributed by atoms with Crippen molar-refractivity contribution in [1.29, 1.82) is 0 Å². The third-order valence-corrected chi connectivity index (χ3v) is 9.71. The average molecular weight is 689 g/mol. The van der Waals surface area contributed by atoms with Gasteiger partial charge in [0.05, 0.1) is 23.0 Å². The minimum absolute atomic E-state index is 0.0282. The van der Waals surface area contributed by atoms with Gasteiger partial charge < -0.3 is 25.8 Å². The number of nitrogens with one attached hydrogen (secondary N) is 2. The largest absolute Gasteiger partial charge is 0.463 e. The van der Waals surface area contributed by atoms with Gasteiger partial charge in [-0.2, -0.15) is 5.10 Å². The number of hydrogen-bond acceptors (Lipinski definition) is 9. The zero-order chi connectivity index (χ0) is 34.7. The molecule has 49 heavy (non-hydrogen) atoms. The molecule has 3 heterocycles. The van der Waals surface area contributed by atoms with Gasteiger partial charge in [0, 0.05) is 46.3 Å². The van der Waals surface area contributed by atoms with E-state index in [0.29, 0.717) is 41.0 Å². The van der Waals surface area contributed by atoms with E-state index >= 15 is 4.39 Å². The number of carbonyl (C=O) groups excluding carboxylic acids is 3. The van der Waals surface area contributed by atoms with Gasteiger partial charge in [-0.25, -0.2) is 8.78 Å². The third kappa shape index (κ3) is 7.44. The van der Waals surface area contributed by atoms with Crippen molar-refractivity contribution in [2.75, 3.05) is 17.2 Å². The Bertz CT molecular complexity index is 2010. The summed E-state index contributed by atoms with van der Waals surface area (Å²) in [4.78, 5) is 43.4. The number of fused-ring (bicyclic) bond motifs is 1. The fraction of sp³-hybridized carbons (Fsp3) is 0.286. The standard InChI is InChI=1S/C35H34F2N6O5S/c1-3-20(2)30(38)32(44)47-15-14-43-19-21(18-40-43)29-17-26-31(49-29)28(10-13-39-26)48-27-9-8-24(16-25(27)37)42-34(46)35(11-12-35)33(45)41-23-6-4-22(36)5-7-23/h4-10,13,16-20,30H,3,11-12,14-15,38H2,1-2H3,(H,41,45)(H,42,46). The van der Waals surface area contributed by atoms with E-state index in [2.05, 4.69) is 20.7 Å². The first-order valence-corrected chi connectivity index (χ1v) is 16.6. The Kier molecular flexibility index (Phi) is 9.69. The van der Waals surface area contributed by atoms with Crippen LogP contribution in [0.15, 0.2) is 73.2 Å². The van der Waals surface area contributed by atoms with Crippen molar-refractivity contribution in [1.82, 2.24) is 14.8 Å². The number of ether oxygens (including phenoxy) is 2. The number of halogens is 2. The Morgan fingerprint density at radius 3 is 2.43 bits per heavy atom. The van der Waals surface area contributed by atoms with Crippen LogP contribution in [0, 0.1) is 23.0 Å².